The number of aromatic nitrogens is 2. The molecule has 2 aromatic carbocycles. The molecule has 6 nitrogen and oxygen atoms in total. The van der Waals surface area contributed by atoms with Crippen molar-refractivity contribution in [2.45, 2.75) is 44.2 Å². The third-order valence-corrected chi connectivity index (χ3v) is 6.21. The standard InChI is InChI=1S/C25H32N6S/c1-31(2)23-21-10-6-7-11-22(21)29-24(30-23)27-19-12-14-20(15-13-19)28-25(32)26-17-16-18-8-4-3-5-9-18/h3-11,19-20H,12-17H2,1-2H3,(H2,26,28,32)(H,27,29,30)/t19-,20+. The fourth-order valence-electron chi connectivity index (χ4n) is 4.23. The van der Waals surface area contributed by atoms with E-state index in [9.17, 15) is 0 Å². The molecule has 1 saturated carbocycles. The number of fused-ring (bicyclic) bond motifs is 1. The predicted molar refractivity (Wildman–Crippen MR) is 137 cm³/mol. The summed E-state index contributed by atoms with van der Waals surface area (Å²) in [5, 5.41) is 12.2. The molecule has 1 aromatic heterocycles. The first-order valence-corrected chi connectivity index (χ1v) is 11.8. The Balaban J connectivity index is 1.25. The molecule has 0 saturated heterocycles. The first-order chi connectivity index (χ1) is 15.6. The monoisotopic (exact) mass is 448 g/mol. The smallest absolute Gasteiger partial charge is 0.225 e. The highest BCUT2D eigenvalue weighted by molar-refractivity contribution is 7.80. The molecule has 1 fully saturated rings. The lowest BCUT2D eigenvalue weighted by Gasteiger charge is -2.30. The summed E-state index contributed by atoms with van der Waals surface area (Å²) in [5.74, 6) is 1.65. The highest BCUT2D eigenvalue weighted by atomic mass is 32.1. The molecule has 0 unspecified atom stereocenters. The van der Waals surface area contributed by atoms with E-state index in [4.69, 9.17) is 22.2 Å². The second-order valence-corrected chi connectivity index (χ2v) is 9.02. The van der Waals surface area contributed by atoms with Crippen molar-refractivity contribution in [1.29, 1.82) is 0 Å². The van der Waals surface area contributed by atoms with Crippen molar-refractivity contribution in [1.82, 2.24) is 20.6 Å². The van der Waals surface area contributed by atoms with Crippen LogP contribution in [0.3, 0.4) is 0 Å². The number of anilines is 2. The van der Waals surface area contributed by atoms with Crippen LogP contribution in [0.15, 0.2) is 54.6 Å². The first-order valence-electron chi connectivity index (χ1n) is 11.4. The lowest BCUT2D eigenvalue weighted by molar-refractivity contribution is 0.385. The highest BCUT2D eigenvalue weighted by Gasteiger charge is 2.22. The number of thiocarbonyl (C=S) groups is 1. The number of nitrogens with one attached hydrogen (secondary N) is 3. The number of hydrogen-bond donors (Lipinski definition) is 3. The van der Waals surface area contributed by atoms with E-state index in [0.29, 0.717) is 18.0 Å². The number of nitrogens with zero attached hydrogens (tertiary/aromatic N) is 3. The predicted octanol–water partition coefficient (Wildman–Crippen LogP) is 4.13. The van der Waals surface area contributed by atoms with E-state index >= 15 is 0 Å². The Bertz CT molecular complexity index is 1030. The first kappa shape index (κ1) is 22.3. The van der Waals surface area contributed by atoms with E-state index in [2.05, 4.69) is 46.3 Å². The van der Waals surface area contributed by atoms with Crippen LogP contribution in [0.2, 0.25) is 0 Å². The van der Waals surface area contributed by atoms with Crippen molar-refractivity contribution in [2.75, 3.05) is 30.9 Å². The van der Waals surface area contributed by atoms with Crippen LogP contribution in [0.1, 0.15) is 31.2 Å². The quantitative estimate of drug-likeness (QED) is 0.470. The number of para-hydroxylation sites is 1. The van der Waals surface area contributed by atoms with Gasteiger partial charge in [-0.1, -0.05) is 42.5 Å². The van der Waals surface area contributed by atoms with Crippen LogP contribution in [0.25, 0.3) is 10.9 Å². The maximum absolute atomic E-state index is 5.51. The molecule has 0 spiro atoms. The van der Waals surface area contributed by atoms with E-state index in [0.717, 1.165) is 60.5 Å². The van der Waals surface area contributed by atoms with Crippen LogP contribution in [-0.4, -0.2) is 47.8 Å². The van der Waals surface area contributed by atoms with Crippen LogP contribution in [0.5, 0.6) is 0 Å². The third kappa shape index (κ3) is 5.85. The molecule has 3 aromatic rings. The zero-order valence-corrected chi connectivity index (χ0v) is 19.7. The van der Waals surface area contributed by atoms with E-state index in [1.165, 1.54) is 5.56 Å². The molecule has 0 amide bonds. The van der Waals surface area contributed by atoms with Gasteiger partial charge in [-0.05, 0) is 62.0 Å². The maximum Gasteiger partial charge on any atom is 0.225 e. The Morgan fingerprint density at radius 1 is 0.938 bits per heavy atom. The Morgan fingerprint density at radius 3 is 2.38 bits per heavy atom. The highest BCUT2D eigenvalue weighted by Crippen LogP contribution is 2.26. The van der Waals surface area contributed by atoms with Gasteiger partial charge >= 0.3 is 0 Å². The molecule has 168 valence electrons. The Labute approximate surface area is 195 Å². The van der Waals surface area contributed by atoms with E-state index in [1.807, 2.05) is 43.3 Å². The van der Waals surface area contributed by atoms with Gasteiger partial charge in [-0.2, -0.15) is 4.98 Å². The topological polar surface area (TPSA) is 65.1 Å². The molecule has 0 atom stereocenters. The summed E-state index contributed by atoms with van der Waals surface area (Å²) in [6.45, 7) is 0.847. The van der Waals surface area contributed by atoms with Gasteiger partial charge in [0.15, 0.2) is 5.11 Å². The average molecular weight is 449 g/mol. The average Bonchev–Trinajstić information content (AvgIpc) is 2.80. The number of rotatable bonds is 7. The van der Waals surface area contributed by atoms with Crippen molar-refractivity contribution in [3.8, 4) is 0 Å². The van der Waals surface area contributed by atoms with Gasteiger partial charge < -0.3 is 20.9 Å². The molecule has 4 rings (SSSR count). The minimum Gasteiger partial charge on any atom is -0.362 e. The molecular formula is C25H32N6S. The van der Waals surface area contributed by atoms with E-state index < -0.39 is 0 Å². The van der Waals surface area contributed by atoms with Gasteiger partial charge in [0.05, 0.1) is 5.52 Å². The van der Waals surface area contributed by atoms with Crippen molar-refractivity contribution in [2.24, 2.45) is 0 Å². The van der Waals surface area contributed by atoms with Crippen molar-refractivity contribution >= 4 is 40.0 Å². The molecule has 1 heterocycles. The Morgan fingerprint density at radius 2 is 1.62 bits per heavy atom. The largest absolute Gasteiger partial charge is 0.362 e. The van der Waals surface area contributed by atoms with E-state index in [1.54, 1.807) is 0 Å². The number of benzene rings is 2. The van der Waals surface area contributed by atoms with Crippen LogP contribution in [-0.2, 0) is 6.42 Å². The van der Waals surface area contributed by atoms with Gasteiger partial charge in [0, 0.05) is 38.1 Å². The van der Waals surface area contributed by atoms with Crippen molar-refractivity contribution in [3.05, 3.63) is 60.2 Å². The molecule has 1 aliphatic rings. The van der Waals surface area contributed by atoms with Gasteiger partial charge in [0.2, 0.25) is 5.95 Å². The summed E-state index contributed by atoms with van der Waals surface area (Å²) in [5.41, 5.74) is 2.29. The molecule has 0 bridgehead atoms. The van der Waals surface area contributed by atoms with Crippen LogP contribution in [0, 0.1) is 0 Å². The van der Waals surface area contributed by atoms with Crippen LogP contribution < -0.4 is 20.9 Å². The summed E-state index contributed by atoms with van der Waals surface area (Å²) in [6.07, 6.45) is 5.26. The van der Waals surface area contributed by atoms with Gasteiger partial charge in [0.1, 0.15) is 5.82 Å². The van der Waals surface area contributed by atoms with E-state index in [-0.39, 0.29) is 0 Å². The Hall–Kier alpha value is -2.93. The molecule has 0 aliphatic heterocycles. The third-order valence-electron chi connectivity index (χ3n) is 5.94. The van der Waals surface area contributed by atoms with Gasteiger partial charge in [-0.25, -0.2) is 4.98 Å². The molecule has 3 N–H and O–H groups in total. The number of hydrogen-bond acceptors (Lipinski definition) is 5. The van der Waals surface area contributed by atoms with Gasteiger partial charge in [-0.15, -0.1) is 0 Å². The zero-order valence-electron chi connectivity index (χ0n) is 18.8. The molecule has 0 radical (unpaired) electrons. The lowest BCUT2D eigenvalue weighted by atomic mass is 9.91. The second kappa shape index (κ2) is 10.6. The zero-order chi connectivity index (χ0) is 22.3. The van der Waals surface area contributed by atoms with Gasteiger partial charge in [0.25, 0.3) is 0 Å². The van der Waals surface area contributed by atoms with Gasteiger partial charge in [-0.3, -0.25) is 0 Å². The van der Waals surface area contributed by atoms with Crippen LogP contribution >= 0.6 is 12.2 Å². The SMILES string of the molecule is CN(C)c1nc(N[C@H]2CC[C@@H](NC(=S)NCCc3ccccc3)CC2)nc2ccccc12. The summed E-state index contributed by atoms with van der Waals surface area (Å²) in [7, 11) is 4.04. The Kier molecular flexibility index (Phi) is 7.37. The second-order valence-electron chi connectivity index (χ2n) is 8.61. The fourth-order valence-corrected chi connectivity index (χ4v) is 4.50. The summed E-state index contributed by atoms with van der Waals surface area (Å²) in [6, 6.07) is 19.4. The minimum absolute atomic E-state index is 0.379. The molecule has 1 aliphatic carbocycles. The molecule has 32 heavy (non-hydrogen) atoms. The fraction of sp³-hybridized carbons (Fsp3) is 0.400. The van der Waals surface area contributed by atoms with Crippen molar-refractivity contribution < 1.29 is 0 Å². The van der Waals surface area contributed by atoms with Crippen LogP contribution in [0.4, 0.5) is 11.8 Å². The normalized spacial score (nSPS) is 18.2. The summed E-state index contributed by atoms with van der Waals surface area (Å²) >= 11 is 5.51. The van der Waals surface area contributed by atoms with Crippen molar-refractivity contribution in [3.63, 3.8) is 0 Å². The maximum atomic E-state index is 5.51. The molecular weight excluding hydrogens is 416 g/mol. The lowest BCUT2D eigenvalue weighted by Crippen LogP contribution is -2.45. The minimum atomic E-state index is 0.379. The summed E-state index contributed by atoms with van der Waals surface area (Å²) < 4.78 is 0. The summed E-state index contributed by atoms with van der Waals surface area (Å²) in [4.78, 5) is 11.6. The molecule has 7 heteroatoms.